The van der Waals surface area contributed by atoms with Crippen molar-refractivity contribution in [1.82, 2.24) is 0 Å². The third-order valence-electron chi connectivity index (χ3n) is 0.741. The number of hydrogen-bond donors (Lipinski definition) is 1. The molecule has 0 fully saturated rings. The van der Waals surface area contributed by atoms with Crippen LogP contribution in [0.5, 0.6) is 0 Å². The Morgan fingerprint density at radius 3 is 2.38 bits per heavy atom. The van der Waals surface area contributed by atoms with E-state index in [4.69, 9.17) is 4.89 Å². The Labute approximate surface area is 76.4 Å². The number of carbonyl (C=O) groups excluding carboxylic acids is 1. The van der Waals surface area contributed by atoms with E-state index in [0.29, 0.717) is 0 Å². The Morgan fingerprint density at radius 2 is 2.00 bits per heavy atom. The van der Waals surface area contributed by atoms with Gasteiger partial charge in [0.05, 0.1) is 5.60 Å². The Bertz CT molecular complexity index is 208. The van der Waals surface area contributed by atoms with Gasteiger partial charge in [0, 0.05) is 0 Å². The maximum Gasteiger partial charge on any atom is 0.475 e. The molecule has 0 spiro atoms. The first-order chi connectivity index (χ1) is 5.77. The molecule has 0 aromatic heterocycles. The van der Waals surface area contributed by atoms with E-state index < -0.39 is 20.2 Å². The van der Waals surface area contributed by atoms with Gasteiger partial charge in [-0.2, -0.15) is 0 Å². The summed E-state index contributed by atoms with van der Waals surface area (Å²) in [5.41, 5.74) is -0.800. The molecule has 0 aliphatic carbocycles. The molecule has 0 saturated heterocycles. The Morgan fingerprint density at radius 1 is 1.46 bits per heavy atom. The second-order valence-electron chi connectivity index (χ2n) is 3.18. The lowest BCUT2D eigenvalue weighted by molar-refractivity contribution is -0.135. The van der Waals surface area contributed by atoms with Crippen molar-refractivity contribution in [3.63, 3.8) is 0 Å². The molecule has 0 aromatic carbocycles. The second kappa shape index (κ2) is 4.72. The minimum absolute atomic E-state index is 0.108. The van der Waals surface area contributed by atoms with E-state index in [0.717, 1.165) is 0 Å². The summed E-state index contributed by atoms with van der Waals surface area (Å²) in [5.74, 6) is 0. The summed E-state index contributed by atoms with van der Waals surface area (Å²) < 4.78 is 24.0. The molecule has 0 aliphatic rings. The van der Waals surface area contributed by atoms with Crippen LogP contribution in [0.4, 0.5) is 0 Å². The van der Waals surface area contributed by atoms with Gasteiger partial charge in [-0.1, -0.05) is 0 Å². The average molecular weight is 212 g/mol. The maximum atomic E-state index is 11.0. The van der Waals surface area contributed by atoms with E-state index in [-0.39, 0.29) is 6.47 Å². The number of ether oxygens (including phenoxy) is 1. The summed E-state index contributed by atoms with van der Waals surface area (Å²) in [4.78, 5) is 18.7. The summed E-state index contributed by atoms with van der Waals surface area (Å²) in [6, 6.07) is 0. The highest BCUT2D eigenvalue weighted by molar-refractivity contribution is 7.47. The highest BCUT2D eigenvalue weighted by atomic mass is 31.2. The van der Waals surface area contributed by atoms with Crippen LogP contribution in [0.15, 0.2) is 0 Å². The summed E-state index contributed by atoms with van der Waals surface area (Å²) >= 11 is 0. The number of rotatable bonds is 5. The fraction of sp³-hybridized carbons (Fsp3) is 0.833. The zero-order valence-corrected chi connectivity index (χ0v) is 8.61. The maximum absolute atomic E-state index is 11.0. The Hall–Kier alpha value is -0.420. The molecule has 0 saturated carbocycles. The molecule has 1 N–H and O–H groups in total. The fourth-order valence-electron chi connectivity index (χ4n) is 0.497. The van der Waals surface area contributed by atoms with Gasteiger partial charge < -0.3 is 9.63 Å². The average Bonchev–Trinajstić information content (AvgIpc) is 1.81. The van der Waals surface area contributed by atoms with Gasteiger partial charge in [0.2, 0.25) is 6.79 Å². The molecule has 0 amide bonds. The quantitative estimate of drug-likeness (QED) is 0.317. The molecule has 0 heterocycles. The van der Waals surface area contributed by atoms with E-state index in [9.17, 15) is 9.36 Å². The smallest absolute Gasteiger partial charge is 0.440 e. The second-order valence-corrected chi connectivity index (χ2v) is 4.56. The van der Waals surface area contributed by atoms with Crippen molar-refractivity contribution < 1.29 is 28.0 Å². The van der Waals surface area contributed by atoms with E-state index in [1.54, 1.807) is 20.8 Å². The third kappa shape index (κ3) is 7.93. The molecule has 7 heteroatoms. The Balaban J connectivity index is 3.94. The van der Waals surface area contributed by atoms with Crippen LogP contribution in [0.1, 0.15) is 20.8 Å². The predicted molar refractivity (Wildman–Crippen MR) is 43.8 cm³/mol. The van der Waals surface area contributed by atoms with Crippen LogP contribution in [-0.2, 0) is 23.1 Å². The van der Waals surface area contributed by atoms with Crippen molar-refractivity contribution in [3.8, 4) is 0 Å². The predicted octanol–water partition coefficient (Wildman–Crippen LogP) is 1.05. The van der Waals surface area contributed by atoms with Crippen LogP contribution in [0.25, 0.3) is 0 Å². The van der Waals surface area contributed by atoms with Crippen LogP contribution in [0.2, 0.25) is 0 Å². The van der Waals surface area contributed by atoms with Crippen molar-refractivity contribution in [2.45, 2.75) is 26.4 Å². The zero-order valence-electron chi connectivity index (χ0n) is 7.72. The topological polar surface area (TPSA) is 82.1 Å². The number of phosphoric acid groups is 1. The van der Waals surface area contributed by atoms with Gasteiger partial charge in [0.1, 0.15) is 0 Å². The highest BCUT2D eigenvalue weighted by Gasteiger charge is 2.28. The molecule has 1 atom stereocenters. The largest absolute Gasteiger partial charge is 0.475 e. The van der Waals surface area contributed by atoms with Crippen molar-refractivity contribution >= 4 is 14.3 Å². The van der Waals surface area contributed by atoms with Crippen LogP contribution >= 0.6 is 7.82 Å². The van der Waals surface area contributed by atoms with Gasteiger partial charge in [0.25, 0.3) is 6.47 Å². The summed E-state index contributed by atoms with van der Waals surface area (Å²) in [5, 5.41) is 0. The van der Waals surface area contributed by atoms with Crippen LogP contribution in [0.3, 0.4) is 0 Å². The summed E-state index contributed by atoms with van der Waals surface area (Å²) in [6.45, 7) is 4.30. The minimum atomic E-state index is -4.13. The Kier molecular flexibility index (Phi) is 4.56. The van der Waals surface area contributed by atoms with E-state index >= 15 is 0 Å². The zero-order chi connectivity index (χ0) is 10.5. The lowest BCUT2D eigenvalue weighted by Gasteiger charge is -2.22. The van der Waals surface area contributed by atoms with Gasteiger partial charge in [-0.25, -0.2) is 9.09 Å². The van der Waals surface area contributed by atoms with Crippen LogP contribution in [-0.4, -0.2) is 23.8 Å². The minimum Gasteiger partial charge on any atom is -0.440 e. The molecular formula is C6H13O6P. The fourth-order valence-corrected chi connectivity index (χ4v) is 1.44. The van der Waals surface area contributed by atoms with Gasteiger partial charge >= 0.3 is 7.82 Å². The molecule has 1 unspecified atom stereocenters. The number of carbonyl (C=O) groups is 1. The molecule has 0 aromatic rings. The molecule has 0 radical (unpaired) electrons. The van der Waals surface area contributed by atoms with E-state index in [2.05, 4.69) is 13.8 Å². The van der Waals surface area contributed by atoms with E-state index in [1.165, 1.54) is 0 Å². The third-order valence-corrected chi connectivity index (χ3v) is 1.95. The molecule has 0 aliphatic heterocycles. The van der Waals surface area contributed by atoms with Crippen molar-refractivity contribution in [1.29, 1.82) is 0 Å². The molecule has 13 heavy (non-hydrogen) atoms. The first-order valence-corrected chi connectivity index (χ1v) is 5.00. The van der Waals surface area contributed by atoms with Crippen molar-refractivity contribution in [2.24, 2.45) is 0 Å². The van der Waals surface area contributed by atoms with Gasteiger partial charge in [-0.3, -0.25) is 9.32 Å². The van der Waals surface area contributed by atoms with E-state index in [1.807, 2.05) is 0 Å². The summed E-state index contributed by atoms with van der Waals surface area (Å²) in [6.07, 6.45) is 0. The molecule has 0 rings (SSSR count). The first-order valence-electron chi connectivity index (χ1n) is 3.50. The lowest BCUT2D eigenvalue weighted by Crippen LogP contribution is -2.18. The molecule has 6 nitrogen and oxygen atoms in total. The monoisotopic (exact) mass is 212 g/mol. The molecular weight excluding hydrogens is 199 g/mol. The van der Waals surface area contributed by atoms with Gasteiger partial charge in [0.15, 0.2) is 0 Å². The normalized spacial score (nSPS) is 16.3. The number of hydrogen-bond acceptors (Lipinski definition) is 5. The van der Waals surface area contributed by atoms with Crippen LogP contribution < -0.4 is 0 Å². The lowest BCUT2D eigenvalue weighted by atomic mass is 10.2. The molecule has 78 valence electrons. The SMILES string of the molecule is CC(C)(C)OP(=O)(O)OCOC=O. The van der Waals surface area contributed by atoms with Gasteiger partial charge in [-0.15, -0.1) is 0 Å². The van der Waals surface area contributed by atoms with Crippen molar-refractivity contribution in [3.05, 3.63) is 0 Å². The van der Waals surface area contributed by atoms with Gasteiger partial charge in [-0.05, 0) is 20.8 Å². The standard InChI is InChI=1S/C6H13O6P/c1-6(2,3)12-13(8,9)11-5-10-4-7/h4H,5H2,1-3H3,(H,8,9). The number of phosphoric ester groups is 1. The van der Waals surface area contributed by atoms with Crippen molar-refractivity contribution in [2.75, 3.05) is 6.79 Å². The first kappa shape index (κ1) is 12.6. The molecule has 0 bridgehead atoms. The van der Waals surface area contributed by atoms with Crippen LogP contribution in [0, 0.1) is 0 Å². The summed E-state index contributed by atoms with van der Waals surface area (Å²) in [7, 11) is -4.13. The highest BCUT2D eigenvalue weighted by Crippen LogP contribution is 2.46.